The summed E-state index contributed by atoms with van der Waals surface area (Å²) in [5, 5.41) is 11.8. The summed E-state index contributed by atoms with van der Waals surface area (Å²) in [5.74, 6) is 0.917. The van der Waals surface area contributed by atoms with E-state index < -0.39 is 0 Å². The van der Waals surface area contributed by atoms with Gasteiger partial charge in [0.1, 0.15) is 0 Å². The molecule has 0 saturated carbocycles. The number of nitrogens with zero attached hydrogens (tertiary/aromatic N) is 2. The molecule has 0 aromatic carbocycles. The van der Waals surface area contributed by atoms with Crippen molar-refractivity contribution in [1.82, 2.24) is 10.2 Å². The Balaban J connectivity index is 3.61. The van der Waals surface area contributed by atoms with Crippen LogP contribution < -0.4 is 5.32 Å². The van der Waals surface area contributed by atoms with Gasteiger partial charge in [-0.3, -0.25) is 4.99 Å². The van der Waals surface area contributed by atoms with Crippen LogP contribution in [0.5, 0.6) is 0 Å². The molecule has 0 spiro atoms. The van der Waals surface area contributed by atoms with Crippen LogP contribution in [0.15, 0.2) is 4.99 Å². The highest BCUT2D eigenvalue weighted by atomic mass is 16.2. The molecule has 13 heavy (non-hydrogen) atoms. The van der Waals surface area contributed by atoms with E-state index in [1.54, 1.807) is 7.05 Å². The molecule has 2 N–H and O–H groups in total. The van der Waals surface area contributed by atoms with Gasteiger partial charge in [-0.1, -0.05) is 0 Å². The van der Waals surface area contributed by atoms with Gasteiger partial charge < -0.3 is 15.3 Å². The fourth-order valence-electron chi connectivity index (χ4n) is 0.971. The van der Waals surface area contributed by atoms with Crippen LogP contribution >= 0.6 is 0 Å². The molecule has 0 fully saturated rings. The Morgan fingerprint density at radius 1 is 1.46 bits per heavy atom. The molecular formula is C9H21N3O. The minimum atomic E-state index is 0.268. The van der Waals surface area contributed by atoms with Gasteiger partial charge in [0.05, 0.1) is 0 Å². The second kappa shape index (κ2) is 7.86. The highest BCUT2D eigenvalue weighted by Crippen LogP contribution is 1.87. The first-order chi connectivity index (χ1) is 6.26. The van der Waals surface area contributed by atoms with Crippen molar-refractivity contribution in [2.45, 2.75) is 19.8 Å². The van der Waals surface area contributed by atoms with E-state index in [1.807, 2.05) is 7.05 Å². The molecule has 0 saturated heterocycles. The summed E-state index contributed by atoms with van der Waals surface area (Å²) in [5.41, 5.74) is 0. The first-order valence-electron chi connectivity index (χ1n) is 4.78. The van der Waals surface area contributed by atoms with E-state index in [0.717, 1.165) is 31.9 Å². The lowest BCUT2D eigenvalue weighted by atomic mass is 10.3. The molecule has 0 rings (SSSR count). The van der Waals surface area contributed by atoms with Gasteiger partial charge >= 0.3 is 0 Å². The van der Waals surface area contributed by atoms with Crippen LogP contribution in [0.3, 0.4) is 0 Å². The number of guanidine groups is 1. The van der Waals surface area contributed by atoms with Crippen molar-refractivity contribution in [3.63, 3.8) is 0 Å². The number of rotatable bonds is 5. The van der Waals surface area contributed by atoms with Crippen LogP contribution in [-0.2, 0) is 0 Å². The summed E-state index contributed by atoms with van der Waals surface area (Å²) >= 11 is 0. The molecule has 0 radical (unpaired) electrons. The first kappa shape index (κ1) is 12.2. The Hall–Kier alpha value is -0.770. The molecule has 0 amide bonds. The molecule has 0 aliphatic carbocycles. The Kier molecular flexibility index (Phi) is 7.39. The van der Waals surface area contributed by atoms with Gasteiger partial charge in [0, 0.05) is 33.8 Å². The predicted octanol–water partition coefficient (Wildman–Crippen LogP) is 0.286. The topological polar surface area (TPSA) is 47.9 Å². The highest BCUT2D eigenvalue weighted by Gasteiger charge is 2.00. The zero-order chi connectivity index (χ0) is 10.1. The van der Waals surface area contributed by atoms with Crippen molar-refractivity contribution in [3.05, 3.63) is 0 Å². The normalized spacial score (nSPS) is 11.5. The third kappa shape index (κ3) is 5.47. The molecule has 0 aliphatic heterocycles. The highest BCUT2D eigenvalue weighted by molar-refractivity contribution is 5.79. The van der Waals surface area contributed by atoms with E-state index in [-0.39, 0.29) is 6.61 Å². The lowest BCUT2D eigenvalue weighted by molar-refractivity contribution is 0.284. The molecular weight excluding hydrogens is 166 g/mol. The Labute approximate surface area is 80.7 Å². The van der Waals surface area contributed by atoms with Crippen LogP contribution in [0.1, 0.15) is 19.8 Å². The molecule has 0 bridgehead atoms. The number of aliphatic imine (C=N–C) groups is 1. The maximum atomic E-state index is 8.58. The quantitative estimate of drug-likeness (QED) is 0.369. The van der Waals surface area contributed by atoms with Gasteiger partial charge in [-0.15, -0.1) is 0 Å². The monoisotopic (exact) mass is 187 g/mol. The lowest BCUT2D eigenvalue weighted by Gasteiger charge is -2.19. The van der Waals surface area contributed by atoms with Gasteiger partial charge in [-0.25, -0.2) is 0 Å². The summed E-state index contributed by atoms with van der Waals surface area (Å²) < 4.78 is 0. The van der Waals surface area contributed by atoms with E-state index in [1.165, 1.54) is 0 Å². The number of nitrogens with one attached hydrogen (secondary N) is 1. The second-order valence-corrected chi connectivity index (χ2v) is 2.92. The average Bonchev–Trinajstić information content (AvgIpc) is 2.17. The summed E-state index contributed by atoms with van der Waals surface area (Å²) in [7, 11) is 3.78. The number of aliphatic hydroxyl groups excluding tert-OH is 1. The Bertz CT molecular complexity index is 148. The fourth-order valence-corrected chi connectivity index (χ4v) is 0.971. The molecule has 0 atom stereocenters. The van der Waals surface area contributed by atoms with Gasteiger partial charge in [0.15, 0.2) is 5.96 Å². The summed E-state index contributed by atoms with van der Waals surface area (Å²) in [6.07, 6.45) is 1.83. The van der Waals surface area contributed by atoms with Crippen molar-refractivity contribution in [3.8, 4) is 0 Å². The Morgan fingerprint density at radius 2 is 2.15 bits per heavy atom. The van der Waals surface area contributed by atoms with Crippen LogP contribution in [0, 0.1) is 0 Å². The van der Waals surface area contributed by atoms with Crippen molar-refractivity contribution >= 4 is 5.96 Å². The maximum absolute atomic E-state index is 8.58. The number of unbranched alkanes of at least 4 members (excludes halogenated alkanes) is 1. The van der Waals surface area contributed by atoms with Crippen molar-refractivity contribution in [2.24, 2.45) is 4.99 Å². The molecule has 0 aromatic rings. The molecule has 0 aromatic heterocycles. The standard InChI is InChI=1S/C9H21N3O/c1-4-12(3)9(10-2)11-7-5-6-8-13/h13H,4-8H2,1-3H3,(H,10,11). The zero-order valence-corrected chi connectivity index (χ0v) is 8.88. The average molecular weight is 187 g/mol. The molecule has 0 unspecified atom stereocenters. The maximum Gasteiger partial charge on any atom is 0.193 e. The zero-order valence-electron chi connectivity index (χ0n) is 8.88. The van der Waals surface area contributed by atoms with Crippen LogP contribution in [0.25, 0.3) is 0 Å². The minimum Gasteiger partial charge on any atom is -0.396 e. The SMILES string of the molecule is CCN(C)C(=NC)NCCCCO. The smallest absolute Gasteiger partial charge is 0.193 e. The van der Waals surface area contributed by atoms with Crippen molar-refractivity contribution < 1.29 is 5.11 Å². The summed E-state index contributed by atoms with van der Waals surface area (Å²) in [6.45, 7) is 4.17. The van der Waals surface area contributed by atoms with E-state index in [4.69, 9.17) is 5.11 Å². The molecule has 78 valence electrons. The number of aliphatic hydroxyl groups is 1. The third-order valence-electron chi connectivity index (χ3n) is 1.92. The number of hydrogen-bond donors (Lipinski definition) is 2. The number of hydrogen-bond acceptors (Lipinski definition) is 2. The van der Waals surface area contributed by atoms with Crippen molar-refractivity contribution in [1.29, 1.82) is 0 Å². The van der Waals surface area contributed by atoms with Gasteiger partial charge in [-0.2, -0.15) is 0 Å². The summed E-state index contributed by atoms with van der Waals surface area (Å²) in [6, 6.07) is 0. The summed E-state index contributed by atoms with van der Waals surface area (Å²) in [4.78, 5) is 6.18. The fraction of sp³-hybridized carbons (Fsp3) is 0.889. The molecule has 4 heteroatoms. The molecule has 4 nitrogen and oxygen atoms in total. The second-order valence-electron chi connectivity index (χ2n) is 2.92. The minimum absolute atomic E-state index is 0.268. The molecule has 0 heterocycles. The predicted molar refractivity (Wildman–Crippen MR) is 56.0 cm³/mol. The van der Waals surface area contributed by atoms with Gasteiger partial charge in [0.25, 0.3) is 0 Å². The van der Waals surface area contributed by atoms with Crippen LogP contribution in [0.4, 0.5) is 0 Å². The van der Waals surface area contributed by atoms with E-state index >= 15 is 0 Å². The van der Waals surface area contributed by atoms with E-state index in [2.05, 4.69) is 22.1 Å². The molecule has 0 aliphatic rings. The lowest BCUT2D eigenvalue weighted by Crippen LogP contribution is -2.39. The van der Waals surface area contributed by atoms with Crippen molar-refractivity contribution in [2.75, 3.05) is 33.8 Å². The van der Waals surface area contributed by atoms with E-state index in [0.29, 0.717) is 0 Å². The largest absolute Gasteiger partial charge is 0.396 e. The third-order valence-corrected chi connectivity index (χ3v) is 1.92. The van der Waals surface area contributed by atoms with E-state index in [9.17, 15) is 0 Å². The van der Waals surface area contributed by atoms with Gasteiger partial charge in [-0.05, 0) is 19.8 Å². The van der Waals surface area contributed by atoms with Crippen LogP contribution in [0.2, 0.25) is 0 Å². The van der Waals surface area contributed by atoms with Crippen LogP contribution in [-0.4, -0.2) is 49.8 Å². The van der Waals surface area contributed by atoms with Gasteiger partial charge in [0.2, 0.25) is 0 Å². The first-order valence-corrected chi connectivity index (χ1v) is 4.78. The Morgan fingerprint density at radius 3 is 2.62 bits per heavy atom.